The molecule has 0 unspecified atom stereocenters. The molecule has 2 rings (SSSR count). The lowest BCUT2D eigenvalue weighted by molar-refractivity contribution is 0.487. The van der Waals surface area contributed by atoms with E-state index in [1.165, 1.54) is 12.1 Å². The zero-order chi connectivity index (χ0) is 14.5. The zero-order valence-electron chi connectivity index (χ0n) is 10.6. The van der Waals surface area contributed by atoms with Crippen LogP contribution in [0.4, 0.5) is 17.6 Å². The highest BCUT2D eigenvalue weighted by molar-refractivity contribution is 5.20. The van der Waals surface area contributed by atoms with Gasteiger partial charge >= 0.3 is 0 Å². The maximum Gasteiger partial charge on any atom is 0.161 e. The lowest BCUT2D eigenvalue weighted by atomic mass is 10.1. The van der Waals surface area contributed by atoms with Crippen molar-refractivity contribution in [1.82, 2.24) is 5.32 Å². The monoisotopic (exact) mass is 283 g/mol. The molecule has 106 valence electrons. The summed E-state index contributed by atoms with van der Waals surface area (Å²) < 4.78 is 51.7. The summed E-state index contributed by atoms with van der Waals surface area (Å²) in [6.07, 6.45) is 0.631. The van der Waals surface area contributed by atoms with Crippen molar-refractivity contribution in [3.8, 4) is 0 Å². The van der Waals surface area contributed by atoms with Gasteiger partial charge in [-0.15, -0.1) is 0 Å². The smallest absolute Gasteiger partial charge is 0.161 e. The number of benzene rings is 2. The number of halogens is 4. The summed E-state index contributed by atoms with van der Waals surface area (Å²) in [5.74, 6) is -3.34. The quantitative estimate of drug-likeness (QED) is 0.502. The van der Waals surface area contributed by atoms with Crippen LogP contribution in [0.15, 0.2) is 36.4 Å². The number of hydrogen-bond acceptors (Lipinski definition) is 1. The summed E-state index contributed by atoms with van der Waals surface area (Å²) >= 11 is 0. The number of nitrogens with one attached hydrogen (secondary N) is 1. The van der Waals surface area contributed by atoms with E-state index in [-0.39, 0.29) is 17.9 Å². The van der Waals surface area contributed by atoms with Crippen molar-refractivity contribution in [2.24, 2.45) is 0 Å². The minimum Gasteiger partial charge on any atom is -0.312 e. The second kappa shape index (κ2) is 6.52. The topological polar surface area (TPSA) is 12.0 Å². The zero-order valence-corrected chi connectivity index (χ0v) is 10.6. The van der Waals surface area contributed by atoms with E-state index in [1.807, 2.05) is 0 Å². The maximum absolute atomic E-state index is 13.3. The van der Waals surface area contributed by atoms with Gasteiger partial charge in [-0.25, -0.2) is 17.6 Å². The fourth-order valence-corrected chi connectivity index (χ4v) is 1.81. The minimum absolute atomic E-state index is 0.0722. The Balaban J connectivity index is 1.84. The highest BCUT2D eigenvalue weighted by Crippen LogP contribution is 2.13. The van der Waals surface area contributed by atoms with Gasteiger partial charge in [0.2, 0.25) is 0 Å². The first kappa shape index (κ1) is 14.5. The largest absolute Gasteiger partial charge is 0.312 e. The number of hydrogen-bond donors (Lipinski definition) is 1. The average Bonchev–Trinajstić information content (AvgIpc) is 2.42. The van der Waals surface area contributed by atoms with Crippen LogP contribution < -0.4 is 5.32 Å². The molecule has 0 spiro atoms. The van der Waals surface area contributed by atoms with Crippen LogP contribution in [0.3, 0.4) is 0 Å². The third kappa shape index (κ3) is 3.81. The second-order valence-corrected chi connectivity index (χ2v) is 4.41. The Bertz CT molecular complexity index is 581. The Hall–Kier alpha value is -1.88. The van der Waals surface area contributed by atoms with Crippen LogP contribution in [0.1, 0.15) is 11.1 Å². The molecule has 2 aromatic rings. The molecule has 0 aliphatic rings. The summed E-state index contributed by atoms with van der Waals surface area (Å²) in [4.78, 5) is 0. The van der Waals surface area contributed by atoms with Gasteiger partial charge in [0.1, 0.15) is 11.6 Å². The standard InChI is InChI=1S/C15H13F4N/c16-12-3-1-10(2-4-12)5-6-20-9-11-7-14(18)15(19)8-13(11)17/h1-4,7-8,20H,5-6,9H2. The molecule has 1 N–H and O–H groups in total. The summed E-state index contributed by atoms with van der Waals surface area (Å²) in [5, 5.41) is 2.93. The first-order chi connectivity index (χ1) is 9.56. The van der Waals surface area contributed by atoms with Crippen LogP contribution in [0, 0.1) is 23.3 Å². The highest BCUT2D eigenvalue weighted by Gasteiger charge is 2.09. The van der Waals surface area contributed by atoms with Gasteiger partial charge in [-0.05, 0) is 36.7 Å². The van der Waals surface area contributed by atoms with Crippen molar-refractivity contribution >= 4 is 0 Å². The van der Waals surface area contributed by atoms with Gasteiger partial charge in [0, 0.05) is 18.2 Å². The van der Waals surface area contributed by atoms with Gasteiger partial charge in [0.15, 0.2) is 11.6 Å². The van der Waals surface area contributed by atoms with Gasteiger partial charge in [0.25, 0.3) is 0 Å². The van der Waals surface area contributed by atoms with Crippen LogP contribution in [0.25, 0.3) is 0 Å². The van der Waals surface area contributed by atoms with Gasteiger partial charge in [-0.2, -0.15) is 0 Å². The molecule has 0 atom stereocenters. The molecule has 0 saturated carbocycles. The van der Waals surface area contributed by atoms with Crippen molar-refractivity contribution in [3.05, 3.63) is 70.8 Å². The Kier molecular flexibility index (Phi) is 4.74. The first-order valence-corrected chi connectivity index (χ1v) is 6.15. The predicted octanol–water partition coefficient (Wildman–Crippen LogP) is 3.58. The van der Waals surface area contributed by atoms with Crippen LogP contribution in [-0.2, 0) is 13.0 Å². The summed E-state index contributed by atoms with van der Waals surface area (Å²) in [5.41, 5.74) is 1.01. The molecular weight excluding hydrogens is 270 g/mol. The van der Waals surface area contributed by atoms with Gasteiger partial charge in [-0.3, -0.25) is 0 Å². The lowest BCUT2D eigenvalue weighted by Crippen LogP contribution is -2.17. The SMILES string of the molecule is Fc1ccc(CCNCc2cc(F)c(F)cc2F)cc1. The van der Waals surface area contributed by atoms with Gasteiger partial charge in [-0.1, -0.05) is 12.1 Å². The Morgan fingerprint density at radius 3 is 2.15 bits per heavy atom. The maximum atomic E-state index is 13.3. The van der Waals surface area contributed by atoms with E-state index in [0.717, 1.165) is 11.6 Å². The van der Waals surface area contributed by atoms with Gasteiger partial charge in [0.05, 0.1) is 0 Å². The minimum atomic E-state index is -1.20. The van der Waals surface area contributed by atoms with Crippen molar-refractivity contribution in [2.45, 2.75) is 13.0 Å². The molecule has 0 aromatic heterocycles. The molecule has 0 heterocycles. The molecule has 0 amide bonds. The molecule has 2 aromatic carbocycles. The molecule has 0 radical (unpaired) electrons. The summed E-state index contributed by atoms with van der Waals surface area (Å²) in [6.45, 7) is 0.619. The Morgan fingerprint density at radius 1 is 0.800 bits per heavy atom. The van der Waals surface area contributed by atoms with E-state index in [2.05, 4.69) is 5.32 Å². The first-order valence-electron chi connectivity index (χ1n) is 6.15. The normalized spacial score (nSPS) is 10.8. The van der Waals surface area contributed by atoms with Crippen molar-refractivity contribution in [1.29, 1.82) is 0 Å². The molecular formula is C15H13F4N. The third-order valence-electron chi connectivity index (χ3n) is 2.91. The molecule has 5 heteroatoms. The molecule has 0 aliphatic heterocycles. The molecule has 0 fully saturated rings. The third-order valence-corrected chi connectivity index (χ3v) is 2.91. The molecule has 0 saturated heterocycles. The van der Waals surface area contributed by atoms with Crippen LogP contribution in [0.5, 0.6) is 0 Å². The van der Waals surface area contributed by atoms with Gasteiger partial charge < -0.3 is 5.32 Å². The van der Waals surface area contributed by atoms with E-state index >= 15 is 0 Å². The van der Waals surface area contributed by atoms with Crippen LogP contribution >= 0.6 is 0 Å². The highest BCUT2D eigenvalue weighted by atomic mass is 19.2. The molecule has 20 heavy (non-hydrogen) atoms. The van der Waals surface area contributed by atoms with Crippen LogP contribution in [0.2, 0.25) is 0 Å². The summed E-state index contributed by atoms with van der Waals surface area (Å²) in [7, 11) is 0. The number of rotatable bonds is 5. The fraction of sp³-hybridized carbons (Fsp3) is 0.200. The predicted molar refractivity (Wildman–Crippen MR) is 68.1 cm³/mol. The average molecular weight is 283 g/mol. The Labute approximate surface area is 114 Å². The van der Waals surface area contributed by atoms with E-state index in [1.54, 1.807) is 12.1 Å². The second-order valence-electron chi connectivity index (χ2n) is 4.41. The van der Waals surface area contributed by atoms with E-state index < -0.39 is 17.5 Å². The van der Waals surface area contributed by atoms with Crippen molar-refractivity contribution in [3.63, 3.8) is 0 Å². The van der Waals surface area contributed by atoms with E-state index in [4.69, 9.17) is 0 Å². The molecule has 0 aliphatic carbocycles. The van der Waals surface area contributed by atoms with Crippen LogP contribution in [-0.4, -0.2) is 6.54 Å². The van der Waals surface area contributed by atoms with Crippen molar-refractivity contribution in [2.75, 3.05) is 6.54 Å². The Morgan fingerprint density at radius 2 is 1.45 bits per heavy atom. The van der Waals surface area contributed by atoms with E-state index in [0.29, 0.717) is 19.0 Å². The van der Waals surface area contributed by atoms with Crippen molar-refractivity contribution < 1.29 is 17.6 Å². The summed E-state index contributed by atoms with van der Waals surface area (Å²) in [6, 6.07) is 7.43. The molecule has 1 nitrogen and oxygen atoms in total. The lowest BCUT2D eigenvalue weighted by Gasteiger charge is -2.07. The van der Waals surface area contributed by atoms with E-state index in [9.17, 15) is 17.6 Å². The fourth-order valence-electron chi connectivity index (χ4n) is 1.81. The molecule has 0 bridgehead atoms.